The molecule has 0 radical (unpaired) electrons. The van der Waals surface area contributed by atoms with Crippen LogP contribution in [0.1, 0.15) is 23.5 Å². The van der Waals surface area contributed by atoms with Crippen molar-refractivity contribution in [1.29, 1.82) is 0 Å². The summed E-state index contributed by atoms with van der Waals surface area (Å²) < 4.78 is 31.2. The molecule has 0 bridgehead atoms. The van der Waals surface area contributed by atoms with Gasteiger partial charge >= 0.3 is 0 Å². The van der Waals surface area contributed by atoms with Gasteiger partial charge in [0, 0.05) is 5.56 Å². The quantitative estimate of drug-likeness (QED) is 0.607. The molecular weight excluding hydrogens is 380 g/mol. The molecule has 2 saturated heterocycles. The van der Waals surface area contributed by atoms with E-state index in [4.69, 9.17) is 23.7 Å². The van der Waals surface area contributed by atoms with Crippen molar-refractivity contribution in [2.75, 3.05) is 19.8 Å². The van der Waals surface area contributed by atoms with Crippen LogP contribution in [0.3, 0.4) is 0 Å². The Kier molecular flexibility index (Phi) is 7.10. The van der Waals surface area contributed by atoms with Crippen molar-refractivity contribution in [3.8, 4) is 0 Å². The van der Waals surface area contributed by atoms with Gasteiger partial charge in [-0.25, -0.2) is 0 Å². The first-order chi connectivity index (χ1) is 14.8. The Balaban J connectivity index is 1.63. The molecule has 5 nitrogen and oxygen atoms in total. The Morgan fingerprint density at radius 3 is 2.03 bits per heavy atom. The molecule has 158 valence electrons. The third-order valence-electron chi connectivity index (χ3n) is 5.34. The van der Waals surface area contributed by atoms with Crippen LogP contribution in [-0.4, -0.2) is 44.2 Å². The summed E-state index contributed by atoms with van der Waals surface area (Å²) in [6.07, 6.45) is 1.38. The van der Waals surface area contributed by atoms with Crippen molar-refractivity contribution < 1.29 is 23.7 Å². The molecule has 0 N–H and O–H groups in total. The van der Waals surface area contributed by atoms with Gasteiger partial charge in [-0.2, -0.15) is 0 Å². The lowest BCUT2D eigenvalue weighted by molar-refractivity contribution is -0.337. The highest BCUT2D eigenvalue weighted by Crippen LogP contribution is 2.41. The maximum atomic E-state index is 6.47. The van der Waals surface area contributed by atoms with Gasteiger partial charge in [-0.1, -0.05) is 72.8 Å². The van der Waals surface area contributed by atoms with Gasteiger partial charge in [0.05, 0.1) is 19.8 Å². The predicted octanol–water partition coefficient (Wildman–Crippen LogP) is 4.38. The van der Waals surface area contributed by atoms with Gasteiger partial charge in [0.2, 0.25) is 0 Å². The average Bonchev–Trinajstić information content (AvgIpc) is 2.82. The molecule has 2 heterocycles. The van der Waals surface area contributed by atoms with Crippen molar-refractivity contribution in [2.45, 2.75) is 36.8 Å². The molecule has 0 unspecified atom stereocenters. The topological polar surface area (TPSA) is 46.2 Å². The van der Waals surface area contributed by atoms with Crippen molar-refractivity contribution in [1.82, 2.24) is 0 Å². The van der Waals surface area contributed by atoms with E-state index in [9.17, 15) is 0 Å². The highest BCUT2D eigenvalue weighted by Gasteiger charge is 2.51. The van der Waals surface area contributed by atoms with E-state index in [1.54, 1.807) is 12.2 Å². The lowest BCUT2D eigenvalue weighted by atomic mass is 9.90. The van der Waals surface area contributed by atoms with E-state index in [0.717, 1.165) is 11.1 Å². The van der Waals surface area contributed by atoms with Crippen LogP contribution in [0.25, 0.3) is 0 Å². The molecule has 2 aromatic rings. The highest BCUT2D eigenvalue weighted by molar-refractivity contribution is 5.22. The Bertz CT molecular complexity index is 809. The van der Waals surface area contributed by atoms with Crippen LogP contribution in [0, 0.1) is 0 Å². The molecule has 0 amide bonds. The monoisotopic (exact) mass is 408 g/mol. The normalized spacial score (nSPS) is 30.9. The largest absolute Gasteiger partial charge is 0.369 e. The molecule has 4 rings (SSSR count). The van der Waals surface area contributed by atoms with E-state index in [0.29, 0.717) is 19.8 Å². The molecule has 2 aliphatic heterocycles. The zero-order valence-corrected chi connectivity index (χ0v) is 17.0. The van der Waals surface area contributed by atoms with Crippen molar-refractivity contribution in [3.05, 3.63) is 97.1 Å². The average molecular weight is 408 g/mol. The fourth-order valence-corrected chi connectivity index (χ4v) is 4.00. The second kappa shape index (κ2) is 10.2. The number of rotatable bonds is 8. The molecule has 0 spiro atoms. The molecule has 2 fully saturated rings. The number of benzene rings is 2. The van der Waals surface area contributed by atoms with Gasteiger partial charge in [-0.05, 0) is 5.56 Å². The van der Waals surface area contributed by atoms with Gasteiger partial charge in [-0.3, -0.25) is 0 Å². The van der Waals surface area contributed by atoms with Crippen LogP contribution >= 0.6 is 0 Å². The van der Waals surface area contributed by atoms with Crippen LogP contribution in [0.15, 0.2) is 86.0 Å². The summed E-state index contributed by atoms with van der Waals surface area (Å²) in [7, 11) is 0. The summed E-state index contributed by atoms with van der Waals surface area (Å²) in [5.74, 6) is 0. The van der Waals surface area contributed by atoms with Crippen LogP contribution in [0.2, 0.25) is 0 Å². The zero-order chi connectivity index (χ0) is 20.8. The number of fused-ring (bicyclic) bond motifs is 1. The number of hydrogen-bond acceptors (Lipinski definition) is 5. The second-order valence-electron chi connectivity index (χ2n) is 7.36. The van der Waals surface area contributed by atoms with Gasteiger partial charge in [0.15, 0.2) is 6.29 Å². The fraction of sp³-hybridized carbons (Fsp3) is 0.360. The third kappa shape index (κ3) is 4.56. The third-order valence-corrected chi connectivity index (χ3v) is 5.34. The van der Waals surface area contributed by atoms with E-state index in [2.05, 4.69) is 13.2 Å². The maximum absolute atomic E-state index is 6.47. The minimum absolute atomic E-state index is 0.270. The van der Waals surface area contributed by atoms with Crippen LogP contribution in [0.4, 0.5) is 0 Å². The fourth-order valence-electron chi connectivity index (χ4n) is 4.00. The van der Waals surface area contributed by atoms with Gasteiger partial charge in [-0.15, -0.1) is 13.2 Å². The van der Waals surface area contributed by atoms with Crippen molar-refractivity contribution in [2.24, 2.45) is 0 Å². The van der Waals surface area contributed by atoms with Crippen LogP contribution in [-0.2, 0) is 23.7 Å². The minimum atomic E-state index is -0.473. The SMILES string of the molecule is C=CCO[C@@H]1[C@@H](OCC=C)[C@@H](c2ccccc2)O[C@@H]2CO[C@@H](c3ccccc3)O[C@@H]12. The highest BCUT2D eigenvalue weighted by atomic mass is 16.7. The van der Waals surface area contributed by atoms with Crippen LogP contribution < -0.4 is 0 Å². The number of hydrogen-bond donors (Lipinski definition) is 0. The molecule has 5 heteroatoms. The molecule has 0 saturated carbocycles. The first-order valence-electron chi connectivity index (χ1n) is 10.3. The Morgan fingerprint density at radius 2 is 1.40 bits per heavy atom. The molecule has 6 atom stereocenters. The van der Waals surface area contributed by atoms with E-state index in [-0.39, 0.29) is 30.5 Å². The Morgan fingerprint density at radius 1 is 0.800 bits per heavy atom. The van der Waals surface area contributed by atoms with E-state index < -0.39 is 6.29 Å². The Labute approximate surface area is 177 Å². The van der Waals surface area contributed by atoms with E-state index in [1.165, 1.54) is 0 Å². The molecule has 0 aliphatic carbocycles. The molecule has 2 aliphatic rings. The van der Waals surface area contributed by atoms with E-state index >= 15 is 0 Å². The summed E-state index contributed by atoms with van der Waals surface area (Å²) in [6, 6.07) is 19.9. The minimum Gasteiger partial charge on any atom is -0.369 e. The molecule has 2 aromatic carbocycles. The lowest BCUT2D eigenvalue weighted by Crippen LogP contribution is -2.60. The second-order valence-corrected chi connectivity index (χ2v) is 7.36. The smallest absolute Gasteiger partial charge is 0.184 e. The van der Waals surface area contributed by atoms with Crippen molar-refractivity contribution in [3.63, 3.8) is 0 Å². The maximum Gasteiger partial charge on any atom is 0.184 e. The van der Waals surface area contributed by atoms with Crippen LogP contribution in [0.5, 0.6) is 0 Å². The zero-order valence-electron chi connectivity index (χ0n) is 17.0. The van der Waals surface area contributed by atoms with E-state index in [1.807, 2.05) is 60.7 Å². The van der Waals surface area contributed by atoms with Gasteiger partial charge < -0.3 is 23.7 Å². The number of ether oxygens (including phenoxy) is 5. The molecule has 0 aromatic heterocycles. The Hall–Kier alpha value is -2.28. The molecular formula is C25H28O5. The van der Waals surface area contributed by atoms with Gasteiger partial charge in [0.1, 0.15) is 30.5 Å². The molecule has 30 heavy (non-hydrogen) atoms. The summed E-state index contributed by atoms with van der Waals surface area (Å²) >= 11 is 0. The van der Waals surface area contributed by atoms with Crippen molar-refractivity contribution >= 4 is 0 Å². The summed E-state index contributed by atoms with van der Waals surface area (Å²) in [4.78, 5) is 0. The standard InChI is InChI=1S/C25H28O5/c1-3-15-26-23-21(18-11-7-5-8-12-18)29-20-17-28-25(19-13-9-6-10-14-19)30-22(20)24(23)27-16-4-2/h3-14,20-25H,1-2,15-17H2/t20-,21-,22-,23+,24+,25-/m1/s1. The summed E-state index contributed by atoms with van der Waals surface area (Å²) in [6.45, 7) is 8.78. The lowest BCUT2D eigenvalue weighted by Gasteiger charge is -2.49. The summed E-state index contributed by atoms with van der Waals surface area (Å²) in [5, 5.41) is 0. The predicted molar refractivity (Wildman–Crippen MR) is 114 cm³/mol. The van der Waals surface area contributed by atoms with Gasteiger partial charge in [0.25, 0.3) is 0 Å². The first kappa shape index (κ1) is 21.0. The first-order valence-corrected chi connectivity index (χ1v) is 10.3. The summed E-state index contributed by atoms with van der Waals surface area (Å²) in [5.41, 5.74) is 1.99.